The van der Waals surface area contributed by atoms with Gasteiger partial charge in [0, 0.05) is 12.2 Å². The van der Waals surface area contributed by atoms with Crippen LogP contribution in [-0.4, -0.2) is 45.7 Å². The van der Waals surface area contributed by atoms with E-state index in [1.54, 1.807) is 43.5 Å². The third kappa shape index (κ3) is 2.94. The Kier molecular flexibility index (Phi) is 4.43. The van der Waals surface area contributed by atoms with Crippen LogP contribution in [0.2, 0.25) is 0 Å². The molecule has 0 saturated heterocycles. The van der Waals surface area contributed by atoms with Gasteiger partial charge in [-0.3, -0.25) is 10.2 Å². The first-order valence-corrected chi connectivity index (χ1v) is 7.85. The fraction of sp³-hybridized carbons (Fsp3) is 0.158. The minimum atomic E-state index is -0.778. The number of ketones is 1. The number of ether oxygens (including phenoxy) is 1. The second-order valence-electron chi connectivity index (χ2n) is 5.50. The summed E-state index contributed by atoms with van der Waals surface area (Å²) in [5.74, 6) is -1.36. The lowest BCUT2D eigenvalue weighted by Gasteiger charge is -2.25. The number of nitrogens with zero attached hydrogens (tertiary/aromatic N) is 1. The van der Waals surface area contributed by atoms with E-state index in [2.05, 4.69) is 0 Å². The van der Waals surface area contributed by atoms with Crippen LogP contribution in [0.15, 0.2) is 65.6 Å². The van der Waals surface area contributed by atoms with E-state index >= 15 is 0 Å². The Hall–Kier alpha value is -3.28. The van der Waals surface area contributed by atoms with Gasteiger partial charge in [0.15, 0.2) is 6.21 Å². The first kappa shape index (κ1) is 16.6. The van der Waals surface area contributed by atoms with E-state index in [1.165, 1.54) is 16.7 Å². The number of carbonyl (C=O) groups excluding carboxylic acids is 2. The maximum absolute atomic E-state index is 12.7. The number of carbonyl (C=O) groups is 1. The van der Waals surface area contributed by atoms with E-state index in [0.29, 0.717) is 5.56 Å². The molecular formula is C19H17N2O4+. The molecule has 1 aromatic rings. The molecule has 1 atom stereocenters. The summed E-state index contributed by atoms with van der Waals surface area (Å²) in [6.45, 7) is 1.78. The quantitative estimate of drug-likeness (QED) is 0.379. The highest BCUT2D eigenvalue weighted by atomic mass is 16.5. The molecule has 1 aromatic carbocycles. The Morgan fingerprint density at radius 2 is 2.08 bits per heavy atom. The van der Waals surface area contributed by atoms with Crippen LogP contribution in [-0.2, 0) is 9.53 Å². The van der Waals surface area contributed by atoms with Crippen molar-refractivity contribution in [2.75, 3.05) is 6.61 Å². The molecule has 2 aliphatic heterocycles. The Morgan fingerprint density at radius 1 is 1.36 bits per heavy atom. The zero-order chi connectivity index (χ0) is 18.0. The largest absolute Gasteiger partial charge is 0.867 e. The molecule has 6 heteroatoms. The molecule has 25 heavy (non-hydrogen) atoms. The zero-order valence-corrected chi connectivity index (χ0v) is 13.6. The van der Waals surface area contributed by atoms with Crippen molar-refractivity contribution >= 4 is 23.7 Å². The van der Waals surface area contributed by atoms with Crippen molar-refractivity contribution in [2.24, 2.45) is 0 Å². The molecule has 2 heterocycles. The minimum absolute atomic E-state index is 0.0201. The highest BCUT2D eigenvalue weighted by molar-refractivity contribution is 6.12. The van der Waals surface area contributed by atoms with Gasteiger partial charge in [-0.2, -0.15) is 4.58 Å². The molecule has 0 radical (unpaired) electrons. The number of fused-ring (bicyclic) bond motifs is 1. The normalized spacial score (nSPS) is 19.1. The molecular weight excluding hydrogens is 320 g/mol. The molecule has 6 nitrogen and oxygen atoms in total. The number of hydrogen-bond donors (Lipinski definition) is 1. The van der Waals surface area contributed by atoms with E-state index in [-0.39, 0.29) is 29.4 Å². The average molecular weight is 337 g/mol. The highest BCUT2D eigenvalue weighted by Gasteiger charge is 2.43. The monoisotopic (exact) mass is 337 g/mol. The first-order valence-electron chi connectivity index (χ1n) is 7.85. The third-order valence-electron chi connectivity index (χ3n) is 3.95. The number of nitrogens with one attached hydrogen (secondary N) is 1. The van der Waals surface area contributed by atoms with Crippen molar-refractivity contribution < 1.29 is 24.0 Å². The Labute approximate surface area is 144 Å². The molecule has 0 bridgehead atoms. The SMILES string of the molecule is CCOC(=O)C1=CC(C(=[OH+])c2ccccc2)[N+]2=CC=CC(=N)C2=C1[O-]. The third-order valence-corrected chi connectivity index (χ3v) is 3.95. The van der Waals surface area contributed by atoms with Crippen molar-refractivity contribution in [1.82, 2.24) is 0 Å². The van der Waals surface area contributed by atoms with Gasteiger partial charge in [0.2, 0.25) is 5.70 Å². The molecule has 2 aliphatic rings. The summed E-state index contributed by atoms with van der Waals surface area (Å²) < 4.78 is 6.45. The summed E-state index contributed by atoms with van der Waals surface area (Å²) in [5, 5.41) is 20.7. The minimum Gasteiger partial charge on any atom is -0.867 e. The fourth-order valence-corrected chi connectivity index (χ4v) is 2.80. The molecule has 0 spiro atoms. The van der Waals surface area contributed by atoms with Crippen LogP contribution in [0.5, 0.6) is 0 Å². The van der Waals surface area contributed by atoms with E-state index in [9.17, 15) is 14.7 Å². The lowest BCUT2D eigenvalue weighted by atomic mass is 9.94. The second-order valence-corrected chi connectivity index (χ2v) is 5.50. The van der Waals surface area contributed by atoms with Crippen molar-refractivity contribution in [3.05, 3.63) is 71.2 Å². The summed E-state index contributed by atoms with van der Waals surface area (Å²) in [4.78, 5) is 22.9. The Bertz CT molecular complexity index is 876. The molecule has 0 aliphatic carbocycles. The lowest BCUT2D eigenvalue weighted by molar-refractivity contribution is -0.488. The van der Waals surface area contributed by atoms with Gasteiger partial charge in [-0.1, -0.05) is 18.2 Å². The maximum Gasteiger partial charge on any atom is 0.395 e. The number of allylic oxidation sites excluding steroid dienone is 2. The van der Waals surface area contributed by atoms with Gasteiger partial charge in [0.25, 0.3) is 6.04 Å². The molecule has 0 aromatic heterocycles. The summed E-state index contributed by atoms with van der Waals surface area (Å²) in [7, 11) is 0. The van der Waals surface area contributed by atoms with Crippen LogP contribution in [0.1, 0.15) is 12.5 Å². The topological polar surface area (TPSA) is 97.6 Å². The van der Waals surface area contributed by atoms with Crippen LogP contribution in [0.4, 0.5) is 0 Å². The van der Waals surface area contributed by atoms with Crippen LogP contribution in [0.3, 0.4) is 0 Å². The van der Waals surface area contributed by atoms with Crippen molar-refractivity contribution in [3.63, 3.8) is 0 Å². The Morgan fingerprint density at radius 3 is 2.76 bits per heavy atom. The second kappa shape index (κ2) is 6.68. The summed E-state index contributed by atoms with van der Waals surface area (Å²) in [6, 6.07) is 8.07. The summed E-state index contributed by atoms with van der Waals surface area (Å²) in [5.41, 5.74) is 0.415. The number of rotatable bonds is 4. The molecule has 126 valence electrons. The van der Waals surface area contributed by atoms with Crippen molar-refractivity contribution in [1.29, 1.82) is 5.41 Å². The first-order chi connectivity index (χ1) is 12.0. The van der Waals surface area contributed by atoms with Crippen LogP contribution in [0, 0.1) is 5.41 Å². The number of esters is 1. The number of hydrogen-bond acceptors (Lipinski definition) is 4. The summed E-state index contributed by atoms with van der Waals surface area (Å²) in [6.07, 6.45) is 6.07. The summed E-state index contributed by atoms with van der Waals surface area (Å²) >= 11 is 0. The average Bonchev–Trinajstić information content (AvgIpc) is 2.62. The van der Waals surface area contributed by atoms with E-state index < -0.39 is 17.8 Å². The van der Waals surface area contributed by atoms with Gasteiger partial charge in [-0.15, -0.1) is 0 Å². The molecule has 1 unspecified atom stereocenters. The smallest absolute Gasteiger partial charge is 0.395 e. The van der Waals surface area contributed by atoms with E-state index in [4.69, 9.17) is 10.1 Å². The predicted octanol–water partition coefficient (Wildman–Crippen LogP) is 0.696. The van der Waals surface area contributed by atoms with Gasteiger partial charge >= 0.3 is 11.8 Å². The van der Waals surface area contributed by atoms with Crippen LogP contribution < -0.4 is 5.11 Å². The maximum atomic E-state index is 12.7. The van der Waals surface area contributed by atoms with E-state index in [1.807, 2.05) is 6.07 Å². The van der Waals surface area contributed by atoms with Gasteiger partial charge in [0.1, 0.15) is 5.71 Å². The van der Waals surface area contributed by atoms with Gasteiger partial charge in [-0.25, -0.2) is 4.79 Å². The Balaban J connectivity index is 2.12. The van der Waals surface area contributed by atoms with Gasteiger partial charge in [-0.05, 0) is 30.9 Å². The van der Waals surface area contributed by atoms with E-state index in [0.717, 1.165) is 0 Å². The molecule has 0 fully saturated rings. The van der Waals surface area contributed by atoms with Crippen molar-refractivity contribution in [2.45, 2.75) is 13.0 Å². The van der Waals surface area contributed by atoms with Crippen LogP contribution >= 0.6 is 0 Å². The fourth-order valence-electron chi connectivity index (χ4n) is 2.80. The molecule has 0 saturated carbocycles. The zero-order valence-electron chi connectivity index (χ0n) is 13.6. The van der Waals surface area contributed by atoms with Gasteiger partial charge < -0.3 is 9.84 Å². The molecule has 2 N–H and O–H groups in total. The predicted molar refractivity (Wildman–Crippen MR) is 91.2 cm³/mol. The standard InChI is InChI=1S/C19H16N2O4/c1-2-25-19(24)13-11-15(17(22)12-7-4-3-5-8-12)21-10-6-9-14(20)16(21)18(13)23/h3-11,15H,2H2,1H3,(H-,20,23)/p+1. The number of benzene rings is 1. The van der Waals surface area contributed by atoms with Gasteiger partial charge in [0.05, 0.1) is 17.7 Å². The van der Waals surface area contributed by atoms with Crippen LogP contribution in [0.25, 0.3) is 0 Å². The highest BCUT2D eigenvalue weighted by Crippen LogP contribution is 2.25. The lowest BCUT2D eigenvalue weighted by Crippen LogP contribution is -2.43. The van der Waals surface area contributed by atoms with Crippen molar-refractivity contribution in [3.8, 4) is 0 Å². The molecule has 3 rings (SSSR count). The molecule has 0 amide bonds.